The van der Waals surface area contributed by atoms with E-state index in [0.29, 0.717) is 34.8 Å². The normalized spacial score (nSPS) is 23.0. The number of nitrogens with two attached hydrogens (primary N) is 1. The molecule has 1 aliphatic heterocycles. The molecular formula is C18H18ClNO4. The van der Waals surface area contributed by atoms with Gasteiger partial charge in [-0.2, -0.15) is 0 Å². The number of allylic oxidation sites excluding steroid dienone is 2. The molecule has 0 spiro atoms. The molecule has 1 heterocycles. The Morgan fingerprint density at radius 2 is 2.00 bits per heavy atom. The molecule has 0 saturated carbocycles. The van der Waals surface area contributed by atoms with Crippen molar-refractivity contribution in [2.45, 2.75) is 32.6 Å². The van der Waals surface area contributed by atoms with Gasteiger partial charge >= 0.3 is 5.97 Å². The fourth-order valence-electron chi connectivity index (χ4n) is 3.41. The molecule has 0 saturated heterocycles. The van der Waals surface area contributed by atoms with Crippen LogP contribution < -0.4 is 5.73 Å². The van der Waals surface area contributed by atoms with E-state index in [1.165, 1.54) is 0 Å². The van der Waals surface area contributed by atoms with Crippen LogP contribution in [0.5, 0.6) is 0 Å². The van der Waals surface area contributed by atoms with Gasteiger partial charge in [0.2, 0.25) is 5.88 Å². The molecule has 126 valence electrons. The molecule has 0 fully saturated rings. The smallest absolute Gasteiger partial charge is 0.337 e. The van der Waals surface area contributed by atoms with Crippen molar-refractivity contribution in [3.05, 3.63) is 57.6 Å². The lowest BCUT2D eigenvalue weighted by Crippen LogP contribution is -2.35. The number of ether oxygens (including phenoxy) is 1. The van der Waals surface area contributed by atoms with E-state index in [1.54, 1.807) is 24.3 Å². The Bertz CT molecular complexity index is 807. The predicted octanol–water partition coefficient (Wildman–Crippen LogP) is 3.35. The van der Waals surface area contributed by atoms with E-state index in [1.807, 2.05) is 13.8 Å². The van der Waals surface area contributed by atoms with Crippen molar-refractivity contribution in [1.29, 1.82) is 0 Å². The molecule has 0 amide bonds. The Morgan fingerprint density at radius 3 is 2.62 bits per heavy atom. The Kier molecular flexibility index (Phi) is 3.92. The Balaban J connectivity index is 2.24. The van der Waals surface area contributed by atoms with Crippen molar-refractivity contribution in [2.24, 2.45) is 11.1 Å². The molecule has 3 N–H and O–H groups in total. The van der Waals surface area contributed by atoms with E-state index < -0.39 is 11.9 Å². The summed E-state index contributed by atoms with van der Waals surface area (Å²) < 4.78 is 5.55. The number of carbonyl (C=O) groups is 2. The van der Waals surface area contributed by atoms with E-state index in [4.69, 9.17) is 22.1 Å². The van der Waals surface area contributed by atoms with Crippen LogP contribution in [-0.2, 0) is 14.3 Å². The van der Waals surface area contributed by atoms with Crippen LogP contribution in [0.15, 0.2) is 47.1 Å². The molecule has 2 aliphatic rings. The van der Waals surface area contributed by atoms with Crippen LogP contribution in [0, 0.1) is 5.41 Å². The molecular weight excluding hydrogens is 330 g/mol. The number of carbonyl (C=O) groups excluding carboxylic acids is 1. The minimum absolute atomic E-state index is 0.127. The highest BCUT2D eigenvalue weighted by atomic mass is 35.5. The topological polar surface area (TPSA) is 89.6 Å². The zero-order chi connectivity index (χ0) is 17.6. The van der Waals surface area contributed by atoms with E-state index in [-0.39, 0.29) is 22.7 Å². The number of hydrogen-bond donors (Lipinski definition) is 2. The number of carboxylic acid groups (broad SMARTS) is 1. The monoisotopic (exact) mass is 347 g/mol. The van der Waals surface area contributed by atoms with Gasteiger partial charge in [0.15, 0.2) is 5.78 Å². The van der Waals surface area contributed by atoms with Crippen LogP contribution in [0.25, 0.3) is 0 Å². The minimum Gasteiger partial charge on any atom is -0.478 e. The highest BCUT2D eigenvalue weighted by Crippen LogP contribution is 2.49. The fraction of sp³-hybridized carbons (Fsp3) is 0.333. The van der Waals surface area contributed by atoms with E-state index in [0.717, 1.165) is 0 Å². The van der Waals surface area contributed by atoms with Crippen LogP contribution in [0.3, 0.4) is 0 Å². The van der Waals surface area contributed by atoms with Gasteiger partial charge in [0, 0.05) is 23.4 Å². The summed E-state index contributed by atoms with van der Waals surface area (Å²) in [6.07, 6.45) is 0.839. The second-order valence-corrected chi connectivity index (χ2v) is 7.32. The van der Waals surface area contributed by atoms with Gasteiger partial charge in [-0.05, 0) is 17.0 Å². The van der Waals surface area contributed by atoms with E-state index >= 15 is 0 Å². The molecule has 6 heteroatoms. The molecule has 1 unspecified atom stereocenters. The number of Topliss-reactive ketones (excluding diaryl/α,β-unsaturated/α-hetero) is 1. The van der Waals surface area contributed by atoms with Crippen molar-refractivity contribution < 1.29 is 19.4 Å². The minimum atomic E-state index is -1.22. The average Bonchev–Trinajstić information content (AvgIpc) is 2.44. The first-order valence-corrected chi connectivity index (χ1v) is 8.00. The maximum Gasteiger partial charge on any atom is 0.337 e. The lowest BCUT2D eigenvalue weighted by molar-refractivity contribution is -0.133. The Hall–Kier alpha value is -2.27. The number of rotatable bonds is 2. The Morgan fingerprint density at radius 1 is 1.33 bits per heavy atom. The number of ketones is 1. The highest BCUT2D eigenvalue weighted by molar-refractivity contribution is 6.31. The number of benzene rings is 1. The lowest BCUT2D eigenvalue weighted by atomic mass is 9.70. The third kappa shape index (κ3) is 2.69. The molecule has 0 bridgehead atoms. The van der Waals surface area contributed by atoms with Gasteiger partial charge in [-0.15, -0.1) is 0 Å². The highest BCUT2D eigenvalue weighted by Gasteiger charge is 2.45. The second-order valence-electron chi connectivity index (χ2n) is 6.92. The summed E-state index contributed by atoms with van der Waals surface area (Å²) in [6.45, 7) is 3.93. The van der Waals surface area contributed by atoms with E-state index in [2.05, 4.69) is 0 Å². The lowest BCUT2D eigenvalue weighted by Gasteiger charge is -2.37. The first kappa shape index (κ1) is 16.6. The van der Waals surface area contributed by atoms with Crippen molar-refractivity contribution in [1.82, 2.24) is 0 Å². The summed E-state index contributed by atoms with van der Waals surface area (Å²) in [5.74, 6) is -1.90. The van der Waals surface area contributed by atoms with Crippen molar-refractivity contribution >= 4 is 23.4 Å². The molecule has 1 aromatic carbocycles. The predicted molar refractivity (Wildman–Crippen MR) is 89.2 cm³/mol. The summed E-state index contributed by atoms with van der Waals surface area (Å²) in [4.78, 5) is 24.6. The van der Waals surface area contributed by atoms with Gasteiger partial charge in [-0.1, -0.05) is 43.6 Å². The summed E-state index contributed by atoms with van der Waals surface area (Å²) >= 11 is 6.28. The van der Waals surface area contributed by atoms with Gasteiger partial charge in [-0.3, -0.25) is 4.79 Å². The number of hydrogen-bond acceptors (Lipinski definition) is 4. The van der Waals surface area contributed by atoms with Crippen LogP contribution in [0.1, 0.15) is 38.2 Å². The second kappa shape index (κ2) is 5.67. The molecule has 1 aromatic rings. The average molecular weight is 348 g/mol. The summed E-state index contributed by atoms with van der Waals surface area (Å²) in [6, 6.07) is 6.88. The number of aliphatic carboxylic acids is 1. The summed E-state index contributed by atoms with van der Waals surface area (Å²) in [5.41, 5.74) is 6.38. The number of halogens is 1. The van der Waals surface area contributed by atoms with Crippen LogP contribution >= 0.6 is 11.6 Å². The van der Waals surface area contributed by atoms with Crippen molar-refractivity contribution in [3.8, 4) is 0 Å². The van der Waals surface area contributed by atoms with Crippen LogP contribution in [0.2, 0.25) is 5.02 Å². The molecule has 1 aliphatic carbocycles. The molecule has 1 atom stereocenters. The van der Waals surface area contributed by atoms with Gasteiger partial charge in [0.25, 0.3) is 0 Å². The molecule has 0 radical (unpaired) electrons. The summed E-state index contributed by atoms with van der Waals surface area (Å²) in [7, 11) is 0. The van der Waals surface area contributed by atoms with Gasteiger partial charge < -0.3 is 15.6 Å². The van der Waals surface area contributed by atoms with Crippen LogP contribution in [0.4, 0.5) is 0 Å². The first-order valence-electron chi connectivity index (χ1n) is 7.63. The third-order valence-electron chi connectivity index (χ3n) is 4.40. The van der Waals surface area contributed by atoms with Crippen molar-refractivity contribution in [2.75, 3.05) is 0 Å². The molecule has 3 rings (SSSR count). The fourth-order valence-corrected chi connectivity index (χ4v) is 3.66. The van der Waals surface area contributed by atoms with Gasteiger partial charge in [-0.25, -0.2) is 4.79 Å². The maximum absolute atomic E-state index is 12.8. The maximum atomic E-state index is 12.8. The molecule has 24 heavy (non-hydrogen) atoms. The van der Waals surface area contributed by atoms with E-state index in [9.17, 15) is 14.7 Å². The Labute approximate surface area is 144 Å². The largest absolute Gasteiger partial charge is 0.478 e. The third-order valence-corrected chi connectivity index (χ3v) is 4.75. The summed E-state index contributed by atoms with van der Waals surface area (Å²) in [5, 5.41) is 10.0. The first-order chi connectivity index (χ1) is 11.2. The zero-order valence-electron chi connectivity index (χ0n) is 13.4. The van der Waals surface area contributed by atoms with Gasteiger partial charge in [0.05, 0.1) is 5.92 Å². The molecule has 0 aromatic heterocycles. The number of carboxylic acids is 1. The van der Waals surface area contributed by atoms with Gasteiger partial charge in [0.1, 0.15) is 11.3 Å². The molecule has 5 nitrogen and oxygen atoms in total. The zero-order valence-corrected chi connectivity index (χ0v) is 14.2. The van der Waals surface area contributed by atoms with Crippen molar-refractivity contribution in [3.63, 3.8) is 0 Å². The quantitative estimate of drug-likeness (QED) is 0.856. The SMILES string of the molecule is CC1(C)CC(=O)C2=C(C1)OC(N)=C(C(=O)O)C2c1ccccc1Cl. The van der Waals surface area contributed by atoms with Crippen LogP contribution in [-0.4, -0.2) is 16.9 Å². The standard InChI is InChI=1S/C18H18ClNO4/c1-18(2)7-11(21)14-12(8-18)24-16(20)15(17(22)23)13(14)9-5-3-4-6-10(9)19/h3-6,13H,7-8,20H2,1-2H3,(H,22,23).